The summed E-state index contributed by atoms with van der Waals surface area (Å²) < 4.78 is 0. The Bertz CT molecular complexity index is 1850. The van der Waals surface area contributed by atoms with Crippen LogP contribution in [0.2, 0.25) is 0 Å². The van der Waals surface area contributed by atoms with Crippen LogP contribution in [0.15, 0.2) is 127 Å². The Hall–Kier alpha value is -4.36. The van der Waals surface area contributed by atoms with E-state index in [-0.39, 0.29) is 16.2 Å². The summed E-state index contributed by atoms with van der Waals surface area (Å²) in [6.07, 6.45) is 0. The standard InChI is InChI=1S/C41H39N/c1-39(2)35-26-25-28(27-36(35)40(3,4)41(39,5)6)37-31-21-13-15-23-33(31)38(34-24-16-14-22-32(34)37)42(29-17-9-7-10-18-29)30-19-11-8-12-20-30/h7-27H,1-6H3. The van der Waals surface area contributed by atoms with E-state index in [4.69, 9.17) is 0 Å². The molecule has 0 saturated carbocycles. The summed E-state index contributed by atoms with van der Waals surface area (Å²) in [6, 6.07) is 46.7. The summed E-state index contributed by atoms with van der Waals surface area (Å²) in [7, 11) is 0. The minimum atomic E-state index is 0.0464. The molecule has 6 aromatic rings. The Morgan fingerprint density at radius 1 is 0.429 bits per heavy atom. The van der Waals surface area contributed by atoms with E-state index in [1.807, 2.05) is 0 Å². The van der Waals surface area contributed by atoms with Crippen LogP contribution in [0.25, 0.3) is 32.7 Å². The second-order valence-corrected chi connectivity index (χ2v) is 13.5. The van der Waals surface area contributed by atoms with Crippen LogP contribution in [0.1, 0.15) is 52.7 Å². The van der Waals surface area contributed by atoms with E-state index in [1.54, 1.807) is 0 Å². The minimum Gasteiger partial charge on any atom is -0.309 e. The Morgan fingerprint density at radius 3 is 1.36 bits per heavy atom. The van der Waals surface area contributed by atoms with Gasteiger partial charge >= 0.3 is 0 Å². The largest absolute Gasteiger partial charge is 0.309 e. The van der Waals surface area contributed by atoms with E-state index < -0.39 is 0 Å². The van der Waals surface area contributed by atoms with Crippen molar-refractivity contribution in [1.29, 1.82) is 0 Å². The minimum absolute atomic E-state index is 0.0464. The lowest BCUT2D eigenvalue weighted by molar-refractivity contribution is 0.125. The molecule has 0 unspecified atom stereocenters. The molecule has 0 spiro atoms. The summed E-state index contributed by atoms with van der Waals surface area (Å²) >= 11 is 0. The predicted octanol–water partition coefficient (Wildman–Crippen LogP) is 11.7. The smallest absolute Gasteiger partial charge is 0.0618 e. The van der Waals surface area contributed by atoms with Crippen LogP contribution in [0.5, 0.6) is 0 Å². The number of fused-ring (bicyclic) bond motifs is 3. The maximum absolute atomic E-state index is 2.51. The first-order valence-electron chi connectivity index (χ1n) is 15.1. The molecule has 0 aliphatic heterocycles. The molecule has 1 heteroatoms. The highest BCUT2D eigenvalue weighted by Gasteiger charge is 2.56. The van der Waals surface area contributed by atoms with E-state index in [1.165, 1.54) is 49.5 Å². The third-order valence-corrected chi connectivity index (χ3v) is 10.9. The van der Waals surface area contributed by atoms with Crippen molar-refractivity contribution in [2.45, 2.75) is 52.4 Å². The van der Waals surface area contributed by atoms with Crippen molar-refractivity contribution in [3.05, 3.63) is 139 Å². The topological polar surface area (TPSA) is 3.24 Å². The molecule has 1 aliphatic rings. The molecule has 0 atom stereocenters. The zero-order valence-electron chi connectivity index (χ0n) is 25.6. The number of hydrogen-bond acceptors (Lipinski definition) is 1. The van der Waals surface area contributed by atoms with Crippen molar-refractivity contribution in [3.63, 3.8) is 0 Å². The summed E-state index contributed by atoms with van der Waals surface area (Å²) in [5.41, 5.74) is 9.33. The fourth-order valence-corrected chi connectivity index (χ4v) is 7.44. The van der Waals surface area contributed by atoms with Gasteiger partial charge in [0.05, 0.1) is 5.69 Å². The Kier molecular flexibility index (Phi) is 5.89. The average Bonchev–Trinajstić information content (AvgIpc) is 3.11. The maximum Gasteiger partial charge on any atom is 0.0618 e. The Labute approximate surface area is 250 Å². The second kappa shape index (κ2) is 9.33. The van der Waals surface area contributed by atoms with Crippen molar-refractivity contribution in [3.8, 4) is 11.1 Å². The molecular formula is C41H39N. The predicted molar refractivity (Wildman–Crippen MR) is 181 cm³/mol. The molecule has 7 rings (SSSR count). The van der Waals surface area contributed by atoms with Gasteiger partial charge in [0.25, 0.3) is 0 Å². The Balaban J connectivity index is 1.57. The lowest BCUT2D eigenvalue weighted by Gasteiger charge is -2.44. The summed E-state index contributed by atoms with van der Waals surface area (Å²) in [5.74, 6) is 0. The number of rotatable bonds is 4. The van der Waals surface area contributed by atoms with Gasteiger partial charge in [0.2, 0.25) is 0 Å². The molecule has 1 aliphatic carbocycles. The van der Waals surface area contributed by atoms with Crippen molar-refractivity contribution in [2.24, 2.45) is 5.41 Å². The molecule has 0 fully saturated rings. The molecule has 0 aromatic heterocycles. The van der Waals surface area contributed by atoms with E-state index in [0.29, 0.717) is 0 Å². The normalized spacial score (nSPS) is 16.4. The highest BCUT2D eigenvalue weighted by atomic mass is 15.1. The maximum atomic E-state index is 2.51. The number of anilines is 3. The van der Waals surface area contributed by atoms with E-state index in [0.717, 1.165) is 11.4 Å². The van der Waals surface area contributed by atoms with Gasteiger partial charge in [-0.3, -0.25) is 0 Å². The van der Waals surface area contributed by atoms with E-state index >= 15 is 0 Å². The van der Waals surface area contributed by atoms with Crippen molar-refractivity contribution in [2.75, 3.05) is 4.90 Å². The van der Waals surface area contributed by atoms with Gasteiger partial charge in [-0.25, -0.2) is 0 Å². The molecule has 0 amide bonds. The first kappa shape index (κ1) is 26.5. The van der Waals surface area contributed by atoms with Crippen molar-refractivity contribution >= 4 is 38.6 Å². The molecule has 0 radical (unpaired) electrons. The van der Waals surface area contributed by atoms with Crippen LogP contribution in [0.4, 0.5) is 17.1 Å². The van der Waals surface area contributed by atoms with Crippen molar-refractivity contribution < 1.29 is 0 Å². The molecule has 208 valence electrons. The van der Waals surface area contributed by atoms with Gasteiger partial charge in [0.1, 0.15) is 0 Å². The third-order valence-electron chi connectivity index (χ3n) is 10.9. The SMILES string of the molecule is CC1(C)c2ccc(-c3c4ccccc4c(N(c4ccccc4)c4ccccc4)c4ccccc34)cc2C(C)(C)C1(C)C. The van der Waals surface area contributed by atoms with Gasteiger partial charge in [0, 0.05) is 22.1 Å². The van der Waals surface area contributed by atoms with Crippen LogP contribution < -0.4 is 4.90 Å². The zero-order chi connectivity index (χ0) is 29.3. The van der Waals surface area contributed by atoms with Crippen LogP contribution in [0, 0.1) is 5.41 Å². The summed E-state index contributed by atoms with van der Waals surface area (Å²) in [6.45, 7) is 14.6. The first-order chi connectivity index (χ1) is 20.1. The zero-order valence-corrected chi connectivity index (χ0v) is 25.6. The average molecular weight is 546 g/mol. The monoisotopic (exact) mass is 545 g/mol. The van der Waals surface area contributed by atoms with Gasteiger partial charge in [-0.15, -0.1) is 0 Å². The summed E-state index contributed by atoms with van der Waals surface area (Å²) in [4.78, 5) is 2.42. The van der Waals surface area contributed by atoms with Crippen LogP contribution in [-0.2, 0) is 10.8 Å². The fraction of sp³-hybridized carbons (Fsp3) is 0.220. The lowest BCUT2D eigenvalue weighted by atomic mass is 9.59. The van der Waals surface area contributed by atoms with Gasteiger partial charge < -0.3 is 4.90 Å². The van der Waals surface area contributed by atoms with Gasteiger partial charge in [-0.1, -0.05) is 145 Å². The van der Waals surface area contributed by atoms with Crippen LogP contribution in [-0.4, -0.2) is 0 Å². The molecule has 6 aromatic carbocycles. The van der Waals surface area contributed by atoms with Crippen LogP contribution >= 0.6 is 0 Å². The highest BCUT2D eigenvalue weighted by molar-refractivity contribution is 6.22. The quantitative estimate of drug-likeness (QED) is 0.199. The number of para-hydroxylation sites is 2. The molecule has 0 bridgehead atoms. The molecular weight excluding hydrogens is 506 g/mol. The fourth-order valence-electron chi connectivity index (χ4n) is 7.44. The van der Waals surface area contributed by atoms with Gasteiger partial charge in [-0.05, 0) is 73.5 Å². The van der Waals surface area contributed by atoms with E-state index in [9.17, 15) is 0 Å². The summed E-state index contributed by atoms with van der Waals surface area (Å²) in [5, 5.41) is 5.05. The lowest BCUT2D eigenvalue weighted by Crippen LogP contribution is -2.42. The van der Waals surface area contributed by atoms with Crippen LogP contribution in [0.3, 0.4) is 0 Å². The van der Waals surface area contributed by atoms with Crippen molar-refractivity contribution in [1.82, 2.24) is 0 Å². The number of benzene rings is 6. The molecule has 1 nitrogen and oxygen atoms in total. The first-order valence-corrected chi connectivity index (χ1v) is 15.1. The second-order valence-electron chi connectivity index (χ2n) is 13.5. The number of hydrogen-bond donors (Lipinski definition) is 0. The molecule has 0 N–H and O–H groups in total. The third kappa shape index (κ3) is 3.62. The number of nitrogens with zero attached hydrogens (tertiary/aromatic N) is 1. The van der Waals surface area contributed by atoms with Gasteiger partial charge in [0.15, 0.2) is 0 Å². The molecule has 0 saturated heterocycles. The Morgan fingerprint density at radius 2 is 0.857 bits per heavy atom. The highest BCUT2D eigenvalue weighted by Crippen LogP contribution is 2.62. The van der Waals surface area contributed by atoms with E-state index in [2.05, 4.69) is 174 Å². The molecule has 0 heterocycles. The molecule has 42 heavy (non-hydrogen) atoms. The van der Waals surface area contributed by atoms with Gasteiger partial charge in [-0.2, -0.15) is 0 Å².